The molecule has 12 heteroatoms. The Bertz CT molecular complexity index is 1490. The van der Waals surface area contributed by atoms with E-state index >= 15 is 0 Å². The van der Waals surface area contributed by atoms with E-state index in [2.05, 4.69) is 20.5 Å². The molecule has 0 radical (unpaired) electrons. The SMILES string of the molecule is CS(=O)(=O)c1cncc(-c2cc(F)c(NC(=O)N3[C@H]4CC[C@@H]3c3n[nH]c(=O)cc3C4)cc2Cl)c1. The van der Waals surface area contributed by atoms with Crippen molar-refractivity contribution in [3.63, 3.8) is 0 Å². The van der Waals surface area contributed by atoms with Crippen molar-refractivity contribution in [2.75, 3.05) is 11.6 Å². The maximum Gasteiger partial charge on any atom is 0.322 e. The number of benzene rings is 1. The fraction of sp³-hybridized carbons (Fsp3) is 0.273. The number of urea groups is 1. The fourth-order valence-corrected chi connectivity index (χ4v) is 5.50. The number of rotatable bonds is 3. The van der Waals surface area contributed by atoms with Gasteiger partial charge >= 0.3 is 6.03 Å². The lowest BCUT2D eigenvalue weighted by Gasteiger charge is -2.35. The van der Waals surface area contributed by atoms with Gasteiger partial charge in [0.2, 0.25) is 0 Å². The van der Waals surface area contributed by atoms with Gasteiger partial charge in [-0.2, -0.15) is 5.10 Å². The molecule has 2 aliphatic rings. The molecule has 2 bridgehead atoms. The number of sulfone groups is 1. The molecule has 2 aliphatic heterocycles. The molecular formula is C22H19ClFN5O4S. The Kier molecular flexibility index (Phi) is 5.40. The molecule has 1 fully saturated rings. The third kappa shape index (κ3) is 3.94. The van der Waals surface area contributed by atoms with Crippen LogP contribution in [0, 0.1) is 5.82 Å². The number of aromatic nitrogens is 3. The van der Waals surface area contributed by atoms with Crippen LogP contribution >= 0.6 is 11.6 Å². The van der Waals surface area contributed by atoms with Gasteiger partial charge < -0.3 is 10.2 Å². The maximum absolute atomic E-state index is 15.0. The average molecular weight is 504 g/mol. The minimum atomic E-state index is -3.51. The van der Waals surface area contributed by atoms with Gasteiger partial charge in [-0.25, -0.2) is 22.7 Å². The van der Waals surface area contributed by atoms with Crippen LogP contribution in [0.2, 0.25) is 5.02 Å². The topological polar surface area (TPSA) is 125 Å². The quantitative estimate of drug-likeness (QED) is 0.565. The largest absolute Gasteiger partial charge is 0.322 e. The lowest BCUT2D eigenvalue weighted by atomic mass is 9.99. The van der Waals surface area contributed by atoms with E-state index in [1.165, 1.54) is 30.6 Å². The van der Waals surface area contributed by atoms with E-state index in [0.717, 1.165) is 24.3 Å². The summed E-state index contributed by atoms with van der Waals surface area (Å²) in [4.78, 5) is 30.2. The molecule has 2 aromatic heterocycles. The van der Waals surface area contributed by atoms with Crippen molar-refractivity contribution in [1.29, 1.82) is 0 Å². The van der Waals surface area contributed by atoms with Gasteiger partial charge in [-0.05, 0) is 43.0 Å². The molecular weight excluding hydrogens is 485 g/mol. The number of anilines is 1. The number of pyridine rings is 1. The third-order valence-corrected chi connectivity index (χ3v) is 7.57. The molecule has 2 atom stereocenters. The van der Waals surface area contributed by atoms with Crippen LogP contribution in [-0.2, 0) is 16.3 Å². The molecule has 2 N–H and O–H groups in total. The van der Waals surface area contributed by atoms with Crippen LogP contribution < -0.4 is 10.9 Å². The van der Waals surface area contributed by atoms with Gasteiger partial charge in [-0.15, -0.1) is 0 Å². The summed E-state index contributed by atoms with van der Waals surface area (Å²) < 4.78 is 38.6. The van der Waals surface area contributed by atoms with Crippen LogP contribution in [0.4, 0.5) is 14.9 Å². The van der Waals surface area contributed by atoms with E-state index in [9.17, 15) is 22.4 Å². The van der Waals surface area contributed by atoms with Crippen LogP contribution in [0.15, 0.2) is 46.3 Å². The van der Waals surface area contributed by atoms with Crippen molar-refractivity contribution in [1.82, 2.24) is 20.1 Å². The minimum absolute atomic E-state index is 0.0188. The molecule has 34 heavy (non-hydrogen) atoms. The molecule has 2 amide bonds. The van der Waals surface area contributed by atoms with Gasteiger partial charge in [0, 0.05) is 41.9 Å². The maximum atomic E-state index is 15.0. The number of hydrogen-bond acceptors (Lipinski definition) is 6. The highest BCUT2D eigenvalue weighted by Gasteiger charge is 2.44. The van der Waals surface area contributed by atoms with Gasteiger partial charge in [-0.3, -0.25) is 9.78 Å². The first-order chi connectivity index (χ1) is 16.1. The number of amides is 2. The number of halogens is 2. The second-order valence-corrected chi connectivity index (χ2v) is 10.8. The Morgan fingerprint density at radius 1 is 1.24 bits per heavy atom. The minimum Gasteiger partial charge on any atom is -0.313 e. The van der Waals surface area contributed by atoms with Gasteiger partial charge in [0.15, 0.2) is 9.84 Å². The molecule has 5 rings (SSSR count). The average Bonchev–Trinajstić information content (AvgIpc) is 3.10. The Hall–Kier alpha value is -3.31. The van der Waals surface area contributed by atoms with Gasteiger partial charge in [0.05, 0.1) is 27.3 Å². The molecule has 9 nitrogen and oxygen atoms in total. The third-order valence-electron chi connectivity index (χ3n) is 6.18. The molecule has 0 saturated carbocycles. The number of nitrogens with zero attached hydrogens (tertiary/aromatic N) is 3. The Morgan fingerprint density at radius 3 is 2.79 bits per heavy atom. The Balaban J connectivity index is 1.42. The molecule has 176 valence electrons. The highest BCUT2D eigenvalue weighted by molar-refractivity contribution is 7.90. The predicted octanol–water partition coefficient (Wildman–Crippen LogP) is 3.32. The van der Waals surface area contributed by atoms with Gasteiger partial charge in [0.25, 0.3) is 5.56 Å². The van der Waals surface area contributed by atoms with Crippen molar-refractivity contribution >= 4 is 33.2 Å². The van der Waals surface area contributed by atoms with Crippen LogP contribution in [0.3, 0.4) is 0 Å². The summed E-state index contributed by atoms with van der Waals surface area (Å²) in [5.74, 6) is -0.732. The highest BCUT2D eigenvalue weighted by atomic mass is 35.5. The van der Waals surface area contributed by atoms with E-state index in [1.54, 1.807) is 4.90 Å². The first-order valence-electron chi connectivity index (χ1n) is 10.4. The monoisotopic (exact) mass is 503 g/mol. The van der Waals surface area contributed by atoms with Gasteiger partial charge in [0.1, 0.15) is 5.82 Å². The van der Waals surface area contributed by atoms with E-state index in [4.69, 9.17) is 11.6 Å². The molecule has 4 heterocycles. The standard InChI is InChI=1S/C22H19ClFN5O4S/c1-34(32,33)14-5-12(9-25-10-14)15-7-17(24)18(8-16(15)23)26-22(31)29-13-2-3-19(29)21-11(4-13)6-20(30)27-28-21/h5-10,13,19H,2-4H2,1H3,(H,26,31)(H,27,30)/t13-,19+/m0/s1. The second-order valence-electron chi connectivity index (χ2n) is 8.42. The molecule has 0 aliphatic carbocycles. The summed E-state index contributed by atoms with van der Waals surface area (Å²) >= 11 is 6.37. The highest BCUT2D eigenvalue weighted by Crippen LogP contribution is 2.42. The second kappa shape index (κ2) is 8.17. The number of carbonyl (C=O) groups is 1. The molecule has 1 saturated heterocycles. The predicted molar refractivity (Wildman–Crippen MR) is 123 cm³/mol. The van der Waals surface area contributed by atoms with Crippen molar-refractivity contribution in [2.45, 2.75) is 36.2 Å². The van der Waals surface area contributed by atoms with E-state index < -0.39 is 21.7 Å². The lowest BCUT2D eigenvalue weighted by Crippen LogP contribution is -2.45. The summed E-state index contributed by atoms with van der Waals surface area (Å²) in [6.07, 6.45) is 5.57. The fourth-order valence-electron chi connectivity index (χ4n) is 4.63. The van der Waals surface area contributed by atoms with Crippen molar-refractivity contribution in [3.8, 4) is 11.1 Å². The number of H-pyrrole nitrogens is 1. The first kappa shape index (κ1) is 22.5. The number of aromatic amines is 1. The normalized spacial score (nSPS) is 19.1. The Morgan fingerprint density at radius 2 is 2.03 bits per heavy atom. The Labute approximate surface area is 198 Å². The summed E-state index contributed by atoms with van der Waals surface area (Å²) in [7, 11) is -3.51. The summed E-state index contributed by atoms with van der Waals surface area (Å²) in [5, 5.41) is 9.27. The van der Waals surface area contributed by atoms with Crippen molar-refractivity contribution < 1.29 is 17.6 Å². The van der Waals surface area contributed by atoms with E-state index in [-0.39, 0.29) is 38.8 Å². The first-order valence-corrected chi connectivity index (χ1v) is 12.7. The summed E-state index contributed by atoms with van der Waals surface area (Å²) in [6, 6.07) is 4.36. The number of fused-ring (bicyclic) bond motifs is 4. The smallest absolute Gasteiger partial charge is 0.313 e. The zero-order valence-corrected chi connectivity index (χ0v) is 19.5. The van der Waals surface area contributed by atoms with Crippen LogP contribution in [0.25, 0.3) is 11.1 Å². The van der Waals surface area contributed by atoms with Crippen LogP contribution in [0.1, 0.15) is 30.1 Å². The molecule has 3 aromatic rings. The van der Waals surface area contributed by atoms with Crippen molar-refractivity contribution in [2.24, 2.45) is 0 Å². The number of carbonyl (C=O) groups excluding carboxylic acids is 1. The molecule has 1 aromatic carbocycles. The zero-order chi connectivity index (χ0) is 24.2. The summed E-state index contributed by atoms with van der Waals surface area (Å²) in [5.41, 5.74) is 1.65. The summed E-state index contributed by atoms with van der Waals surface area (Å²) in [6.45, 7) is 0. The van der Waals surface area contributed by atoms with Gasteiger partial charge in [-0.1, -0.05) is 11.6 Å². The van der Waals surface area contributed by atoms with Crippen molar-refractivity contribution in [3.05, 3.63) is 69.1 Å². The van der Waals surface area contributed by atoms with Crippen LogP contribution in [-0.4, -0.2) is 46.8 Å². The molecule has 0 unspecified atom stereocenters. The number of hydrogen-bond donors (Lipinski definition) is 2. The molecule has 0 spiro atoms. The zero-order valence-electron chi connectivity index (χ0n) is 17.9. The lowest BCUT2D eigenvalue weighted by molar-refractivity contribution is 0.177. The van der Waals surface area contributed by atoms with Crippen LogP contribution in [0.5, 0.6) is 0 Å². The number of nitrogens with one attached hydrogen (secondary N) is 2. The van der Waals surface area contributed by atoms with E-state index in [1.807, 2.05) is 0 Å². The van der Waals surface area contributed by atoms with E-state index in [0.29, 0.717) is 24.1 Å².